The van der Waals surface area contributed by atoms with Gasteiger partial charge in [0.1, 0.15) is 5.54 Å². The van der Waals surface area contributed by atoms with Gasteiger partial charge in [-0.1, -0.05) is 13.0 Å². The predicted molar refractivity (Wildman–Crippen MR) is 77.1 cm³/mol. The maximum Gasteiger partial charge on any atom is 0.327 e. The molecule has 0 bridgehead atoms. The summed E-state index contributed by atoms with van der Waals surface area (Å²) in [5, 5.41) is 5.76. The van der Waals surface area contributed by atoms with Crippen molar-refractivity contribution in [1.29, 1.82) is 0 Å². The molecule has 1 N–H and O–H groups in total. The molecule has 0 radical (unpaired) electrons. The molecule has 2 unspecified atom stereocenters. The van der Waals surface area contributed by atoms with Crippen LogP contribution in [0.25, 0.3) is 0 Å². The van der Waals surface area contributed by atoms with E-state index in [4.69, 9.17) is 4.74 Å². The van der Waals surface area contributed by atoms with Crippen LogP contribution in [0.1, 0.15) is 25.1 Å². The molecule has 0 spiro atoms. The number of thioether (sulfide) groups is 1. The van der Waals surface area contributed by atoms with Gasteiger partial charge in [0.05, 0.1) is 6.61 Å². The summed E-state index contributed by atoms with van der Waals surface area (Å²) in [6.07, 6.45) is 0.850. The van der Waals surface area contributed by atoms with Gasteiger partial charge in [0.15, 0.2) is 0 Å². The van der Waals surface area contributed by atoms with Gasteiger partial charge in [0, 0.05) is 16.7 Å². The summed E-state index contributed by atoms with van der Waals surface area (Å²) in [5.41, 5.74) is -0.509. The topological polar surface area (TPSA) is 38.3 Å². The van der Waals surface area contributed by atoms with Crippen LogP contribution in [-0.4, -0.2) is 29.1 Å². The molecule has 1 aromatic heterocycles. The zero-order valence-electron chi connectivity index (χ0n) is 10.8. The number of rotatable bonds is 5. The number of ether oxygens (including phenoxy) is 1. The minimum Gasteiger partial charge on any atom is -0.465 e. The van der Waals surface area contributed by atoms with Crippen molar-refractivity contribution in [3.8, 4) is 0 Å². The molecular weight excluding hydrogens is 266 g/mol. The van der Waals surface area contributed by atoms with Crippen LogP contribution in [0.2, 0.25) is 0 Å². The Kier molecular flexibility index (Phi) is 4.70. The third-order valence-electron chi connectivity index (χ3n) is 3.36. The highest BCUT2D eigenvalue weighted by molar-refractivity contribution is 8.00. The summed E-state index contributed by atoms with van der Waals surface area (Å²) in [6.45, 7) is 5.15. The van der Waals surface area contributed by atoms with Gasteiger partial charge in [-0.3, -0.25) is 10.1 Å². The summed E-state index contributed by atoms with van der Waals surface area (Å²) in [7, 11) is 0. The lowest BCUT2D eigenvalue weighted by molar-refractivity contribution is -0.151. The van der Waals surface area contributed by atoms with E-state index in [1.165, 1.54) is 4.88 Å². The van der Waals surface area contributed by atoms with Crippen LogP contribution in [0, 0.1) is 0 Å². The third kappa shape index (κ3) is 2.73. The van der Waals surface area contributed by atoms with Crippen LogP contribution in [0.15, 0.2) is 17.5 Å². The summed E-state index contributed by atoms with van der Waals surface area (Å²) in [5.74, 6) is 0.913. The van der Waals surface area contributed by atoms with Gasteiger partial charge < -0.3 is 4.74 Å². The summed E-state index contributed by atoms with van der Waals surface area (Å²) < 4.78 is 5.26. The highest BCUT2D eigenvalue weighted by Crippen LogP contribution is 2.37. The van der Waals surface area contributed by atoms with Gasteiger partial charge >= 0.3 is 5.97 Å². The third-order valence-corrected chi connectivity index (χ3v) is 5.57. The quantitative estimate of drug-likeness (QED) is 0.844. The molecule has 0 aliphatic carbocycles. The first-order chi connectivity index (χ1) is 8.69. The number of carbonyl (C=O) groups excluding carboxylic acids is 1. The molecular formula is C13H19NO2S2. The van der Waals surface area contributed by atoms with E-state index >= 15 is 0 Å². The Morgan fingerprint density at radius 2 is 2.50 bits per heavy atom. The molecule has 1 aromatic rings. The SMILES string of the molecule is CCOC(=O)C1(NCc2cccs2)CCSC1C. The van der Waals surface area contributed by atoms with E-state index in [2.05, 4.69) is 23.7 Å². The average molecular weight is 285 g/mol. The second kappa shape index (κ2) is 6.08. The number of thiophene rings is 1. The molecule has 1 saturated heterocycles. The first kappa shape index (κ1) is 13.9. The van der Waals surface area contributed by atoms with Crippen molar-refractivity contribution in [1.82, 2.24) is 5.32 Å². The number of hydrogen-bond acceptors (Lipinski definition) is 5. The molecule has 2 heterocycles. The number of hydrogen-bond donors (Lipinski definition) is 1. The van der Waals surface area contributed by atoms with Crippen molar-refractivity contribution < 1.29 is 9.53 Å². The molecule has 1 aliphatic rings. The average Bonchev–Trinajstić information content (AvgIpc) is 2.97. The Bertz CT molecular complexity index is 394. The fraction of sp³-hybridized carbons (Fsp3) is 0.615. The van der Waals surface area contributed by atoms with Crippen molar-refractivity contribution in [2.24, 2.45) is 0 Å². The minimum absolute atomic E-state index is 0.0981. The van der Waals surface area contributed by atoms with Gasteiger partial charge in [0.25, 0.3) is 0 Å². The second-order valence-corrected chi connectivity index (χ2v) is 6.87. The Balaban J connectivity index is 2.07. The van der Waals surface area contributed by atoms with Gasteiger partial charge in [0.2, 0.25) is 0 Å². The molecule has 0 amide bonds. The van der Waals surface area contributed by atoms with E-state index in [1.54, 1.807) is 11.3 Å². The molecule has 3 nitrogen and oxygen atoms in total. The van der Waals surface area contributed by atoms with Crippen LogP contribution in [-0.2, 0) is 16.1 Å². The zero-order valence-corrected chi connectivity index (χ0v) is 12.4. The monoisotopic (exact) mass is 285 g/mol. The lowest BCUT2D eigenvalue weighted by Crippen LogP contribution is -2.56. The van der Waals surface area contributed by atoms with Crippen molar-refractivity contribution in [3.63, 3.8) is 0 Å². The molecule has 1 fully saturated rings. The van der Waals surface area contributed by atoms with Crippen molar-refractivity contribution >= 4 is 29.1 Å². The molecule has 100 valence electrons. The molecule has 1 aliphatic heterocycles. The molecule has 0 saturated carbocycles. The zero-order chi connectivity index (χ0) is 13.0. The van der Waals surface area contributed by atoms with E-state index in [-0.39, 0.29) is 11.2 Å². The highest BCUT2D eigenvalue weighted by atomic mass is 32.2. The van der Waals surface area contributed by atoms with Crippen molar-refractivity contribution in [2.75, 3.05) is 12.4 Å². The van der Waals surface area contributed by atoms with Crippen LogP contribution in [0.3, 0.4) is 0 Å². The fourth-order valence-electron chi connectivity index (χ4n) is 2.23. The van der Waals surface area contributed by atoms with E-state index in [9.17, 15) is 4.79 Å². The Morgan fingerprint density at radius 1 is 1.67 bits per heavy atom. The van der Waals surface area contributed by atoms with E-state index in [0.29, 0.717) is 6.61 Å². The van der Waals surface area contributed by atoms with E-state index in [0.717, 1.165) is 18.7 Å². The molecule has 18 heavy (non-hydrogen) atoms. The smallest absolute Gasteiger partial charge is 0.327 e. The van der Waals surface area contributed by atoms with Crippen LogP contribution in [0.4, 0.5) is 0 Å². The molecule has 5 heteroatoms. The van der Waals surface area contributed by atoms with Gasteiger partial charge in [-0.2, -0.15) is 11.8 Å². The van der Waals surface area contributed by atoms with Crippen LogP contribution < -0.4 is 5.32 Å². The maximum atomic E-state index is 12.2. The summed E-state index contributed by atoms with van der Waals surface area (Å²) in [4.78, 5) is 13.5. The fourth-order valence-corrected chi connectivity index (χ4v) is 4.25. The normalized spacial score (nSPS) is 27.3. The lowest BCUT2D eigenvalue weighted by atomic mass is 9.92. The molecule has 0 aromatic carbocycles. The molecule has 2 atom stereocenters. The highest BCUT2D eigenvalue weighted by Gasteiger charge is 2.48. The van der Waals surface area contributed by atoms with E-state index in [1.807, 2.05) is 24.8 Å². The van der Waals surface area contributed by atoms with Gasteiger partial charge in [-0.05, 0) is 30.5 Å². The standard InChI is InChI=1S/C13H19NO2S2/c1-3-16-12(15)13(6-8-17-10(13)2)14-9-11-5-4-7-18-11/h4-5,7,10,14H,3,6,8-9H2,1-2H3. The Morgan fingerprint density at radius 3 is 3.06 bits per heavy atom. The maximum absolute atomic E-state index is 12.2. The first-order valence-corrected chi connectivity index (χ1v) is 8.18. The molecule has 2 rings (SSSR count). The second-order valence-electron chi connectivity index (χ2n) is 4.39. The summed E-state index contributed by atoms with van der Waals surface area (Å²) >= 11 is 3.55. The minimum atomic E-state index is -0.509. The summed E-state index contributed by atoms with van der Waals surface area (Å²) in [6, 6.07) is 4.12. The Hall–Kier alpha value is -0.520. The Labute approximate surface area is 116 Å². The first-order valence-electron chi connectivity index (χ1n) is 6.25. The van der Waals surface area contributed by atoms with Crippen molar-refractivity contribution in [2.45, 2.75) is 37.6 Å². The van der Waals surface area contributed by atoms with Gasteiger partial charge in [-0.15, -0.1) is 11.3 Å². The number of esters is 1. The van der Waals surface area contributed by atoms with Crippen LogP contribution >= 0.6 is 23.1 Å². The van der Waals surface area contributed by atoms with Gasteiger partial charge in [-0.25, -0.2) is 0 Å². The number of carbonyl (C=O) groups is 1. The lowest BCUT2D eigenvalue weighted by Gasteiger charge is -2.31. The predicted octanol–water partition coefficient (Wildman–Crippen LogP) is 2.67. The largest absolute Gasteiger partial charge is 0.465 e. The van der Waals surface area contributed by atoms with E-state index < -0.39 is 5.54 Å². The number of nitrogens with one attached hydrogen (secondary N) is 1. The van der Waals surface area contributed by atoms with Crippen molar-refractivity contribution in [3.05, 3.63) is 22.4 Å². The van der Waals surface area contributed by atoms with Crippen LogP contribution in [0.5, 0.6) is 0 Å².